The van der Waals surface area contributed by atoms with Gasteiger partial charge in [-0.25, -0.2) is 0 Å². The fraction of sp³-hybridized carbons (Fsp3) is 0.136. The summed E-state index contributed by atoms with van der Waals surface area (Å²) in [7, 11) is 0. The molecule has 0 fully saturated rings. The standard InChI is InChI=1S/C22H18F2N4O2S2/c23-21(24)32-18-10-8-16(9-11-18)25-19(29)14-31-22-27-26-20(15-5-2-1-3-6-15)28(22)13-17-7-4-12-30-17/h1-12,21H,13-14H2,(H,25,29). The summed E-state index contributed by atoms with van der Waals surface area (Å²) in [6.45, 7) is 0.428. The van der Waals surface area contributed by atoms with Gasteiger partial charge in [0.15, 0.2) is 11.0 Å². The van der Waals surface area contributed by atoms with Crippen molar-refractivity contribution in [3.05, 3.63) is 78.8 Å². The fourth-order valence-corrected chi connectivity index (χ4v) is 4.18. The van der Waals surface area contributed by atoms with Crippen LogP contribution in [0.5, 0.6) is 0 Å². The number of aromatic nitrogens is 3. The van der Waals surface area contributed by atoms with Crippen molar-refractivity contribution >= 4 is 35.1 Å². The molecular weight excluding hydrogens is 454 g/mol. The van der Waals surface area contributed by atoms with Crippen LogP contribution in [0.15, 0.2) is 87.5 Å². The maximum atomic E-state index is 12.4. The van der Waals surface area contributed by atoms with Crippen LogP contribution in [0, 0.1) is 0 Å². The highest BCUT2D eigenvalue weighted by molar-refractivity contribution is 8.00. The number of nitrogens with zero attached hydrogens (tertiary/aromatic N) is 3. The van der Waals surface area contributed by atoms with E-state index in [1.54, 1.807) is 30.5 Å². The molecule has 0 saturated heterocycles. The first-order chi connectivity index (χ1) is 15.6. The summed E-state index contributed by atoms with van der Waals surface area (Å²) < 4.78 is 32.2. The van der Waals surface area contributed by atoms with Gasteiger partial charge in [0.1, 0.15) is 5.76 Å². The van der Waals surface area contributed by atoms with E-state index in [2.05, 4.69) is 15.5 Å². The molecule has 0 saturated carbocycles. The van der Waals surface area contributed by atoms with Gasteiger partial charge in [-0.15, -0.1) is 10.2 Å². The topological polar surface area (TPSA) is 73.0 Å². The van der Waals surface area contributed by atoms with Crippen molar-refractivity contribution in [2.75, 3.05) is 11.1 Å². The average molecular weight is 473 g/mol. The summed E-state index contributed by atoms with van der Waals surface area (Å²) in [6, 6.07) is 19.6. The van der Waals surface area contributed by atoms with Gasteiger partial charge in [-0.1, -0.05) is 53.9 Å². The van der Waals surface area contributed by atoms with E-state index in [1.807, 2.05) is 47.0 Å². The Hall–Kier alpha value is -3.11. The normalized spacial score (nSPS) is 11.1. The second kappa shape index (κ2) is 10.5. The highest BCUT2D eigenvalue weighted by Gasteiger charge is 2.17. The number of hydrogen-bond acceptors (Lipinski definition) is 6. The molecule has 0 radical (unpaired) electrons. The first-order valence-electron chi connectivity index (χ1n) is 9.57. The fourth-order valence-electron chi connectivity index (χ4n) is 2.94. The smallest absolute Gasteiger partial charge is 0.288 e. The summed E-state index contributed by atoms with van der Waals surface area (Å²) in [5, 5.41) is 11.9. The lowest BCUT2D eigenvalue weighted by Crippen LogP contribution is -2.14. The second-order valence-electron chi connectivity index (χ2n) is 6.58. The first kappa shape index (κ1) is 22.1. The summed E-state index contributed by atoms with van der Waals surface area (Å²) in [5.74, 6) is -1.19. The Bertz CT molecular complexity index is 1150. The number of halogens is 2. The number of rotatable bonds is 9. The number of thioether (sulfide) groups is 2. The molecule has 0 unspecified atom stereocenters. The summed E-state index contributed by atoms with van der Waals surface area (Å²) in [4.78, 5) is 12.9. The molecule has 0 aliphatic carbocycles. The molecule has 2 aromatic carbocycles. The molecule has 1 amide bonds. The molecule has 10 heteroatoms. The van der Waals surface area contributed by atoms with Crippen LogP contribution in [-0.2, 0) is 11.3 Å². The van der Waals surface area contributed by atoms with E-state index < -0.39 is 5.76 Å². The quantitative estimate of drug-likeness (QED) is 0.318. The average Bonchev–Trinajstić information content (AvgIpc) is 3.44. The summed E-state index contributed by atoms with van der Waals surface area (Å²) in [5.41, 5.74) is 1.45. The number of hydrogen-bond donors (Lipinski definition) is 1. The van der Waals surface area contributed by atoms with Crippen molar-refractivity contribution in [2.45, 2.75) is 22.4 Å². The van der Waals surface area contributed by atoms with Gasteiger partial charge in [-0.3, -0.25) is 9.36 Å². The third-order valence-electron chi connectivity index (χ3n) is 4.34. The lowest BCUT2D eigenvalue weighted by molar-refractivity contribution is -0.113. The Morgan fingerprint density at radius 1 is 1.03 bits per heavy atom. The highest BCUT2D eigenvalue weighted by atomic mass is 32.2. The maximum absolute atomic E-state index is 12.4. The van der Waals surface area contributed by atoms with Crippen LogP contribution >= 0.6 is 23.5 Å². The number of anilines is 1. The van der Waals surface area contributed by atoms with Gasteiger partial charge >= 0.3 is 0 Å². The van der Waals surface area contributed by atoms with Crippen molar-refractivity contribution in [1.82, 2.24) is 14.8 Å². The Kier molecular flexibility index (Phi) is 7.23. The molecule has 0 spiro atoms. The van der Waals surface area contributed by atoms with E-state index >= 15 is 0 Å². The third kappa shape index (κ3) is 5.77. The molecule has 2 aromatic heterocycles. The number of benzene rings is 2. The van der Waals surface area contributed by atoms with Crippen LogP contribution in [0.2, 0.25) is 0 Å². The number of amides is 1. The predicted molar refractivity (Wildman–Crippen MR) is 121 cm³/mol. The van der Waals surface area contributed by atoms with Crippen LogP contribution < -0.4 is 5.32 Å². The number of carbonyl (C=O) groups is 1. The Balaban J connectivity index is 1.44. The van der Waals surface area contributed by atoms with Gasteiger partial charge in [0.2, 0.25) is 5.91 Å². The molecule has 164 valence electrons. The molecule has 4 rings (SSSR count). The van der Waals surface area contributed by atoms with E-state index in [4.69, 9.17) is 4.42 Å². The zero-order chi connectivity index (χ0) is 22.3. The van der Waals surface area contributed by atoms with Gasteiger partial charge in [-0.2, -0.15) is 8.78 Å². The zero-order valence-corrected chi connectivity index (χ0v) is 18.3. The summed E-state index contributed by atoms with van der Waals surface area (Å²) >= 11 is 1.72. The molecule has 0 bridgehead atoms. The minimum atomic E-state index is -2.48. The minimum absolute atomic E-state index is 0.110. The number of furan rings is 1. The van der Waals surface area contributed by atoms with Crippen LogP contribution in [-0.4, -0.2) is 32.2 Å². The van der Waals surface area contributed by atoms with Crippen LogP contribution in [0.25, 0.3) is 11.4 Å². The molecule has 6 nitrogen and oxygen atoms in total. The van der Waals surface area contributed by atoms with E-state index in [1.165, 1.54) is 11.8 Å². The van der Waals surface area contributed by atoms with Gasteiger partial charge in [0, 0.05) is 16.1 Å². The van der Waals surface area contributed by atoms with E-state index in [0.29, 0.717) is 39.9 Å². The van der Waals surface area contributed by atoms with Gasteiger partial charge in [0.05, 0.1) is 18.6 Å². The number of carbonyl (C=O) groups excluding carboxylic acids is 1. The molecular formula is C22H18F2N4O2S2. The van der Waals surface area contributed by atoms with E-state index in [9.17, 15) is 13.6 Å². The molecule has 0 aliphatic heterocycles. The van der Waals surface area contributed by atoms with E-state index in [-0.39, 0.29) is 11.7 Å². The van der Waals surface area contributed by atoms with Crippen LogP contribution in [0.1, 0.15) is 5.76 Å². The Morgan fingerprint density at radius 2 is 1.81 bits per heavy atom. The molecule has 1 N–H and O–H groups in total. The molecule has 0 aliphatic rings. The second-order valence-corrected chi connectivity index (χ2v) is 8.58. The molecule has 0 atom stereocenters. The van der Waals surface area contributed by atoms with Crippen molar-refractivity contribution in [3.8, 4) is 11.4 Å². The molecule has 4 aromatic rings. The third-order valence-corrected chi connectivity index (χ3v) is 6.03. The highest BCUT2D eigenvalue weighted by Crippen LogP contribution is 2.27. The summed E-state index contributed by atoms with van der Waals surface area (Å²) in [6.07, 6.45) is 1.60. The lowest BCUT2D eigenvalue weighted by atomic mass is 10.2. The predicted octanol–water partition coefficient (Wildman–Crippen LogP) is 5.63. The van der Waals surface area contributed by atoms with Crippen molar-refractivity contribution in [1.29, 1.82) is 0 Å². The van der Waals surface area contributed by atoms with Crippen molar-refractivity contribution < 1.29 is 18.0 Å². The van der Waals surface area contributed by atoms with Gasteiger partial charge < -0.3 is 9.73 Å². The number of nitrogens with one attached hydrogen (secondary N) is 1. The first-order valence-corrected chi connectivity index (χ1v) is 11.4. The lowest BCUT2D eigenvalue weighted by Gasteiger charge is -2.09. The SMILES string of the molecule is O=C(CSc1nnc(-c2ccccc2)n1Cc1ccco1)Nc1ccc(SC(F)F)cc1. The van der Waals surface area contributed by atoms with Crippen molar-refractivity contribution in [3.63, 3.8) is 0 Å². The van der Waals surface area contributed by atoms with Gasteiger partial charge in [0.25, 0.3) is 5.76 Å². The van der Waals surface area contributed by atoms with Crippen LogP contribution in [0.4, 0.5) is 14.5 Å². The van der Waals surface area contributed by atoms with Gasteiger partial charge in [-0.05, 0) is 36.4 Å². The Morgan fingerprint density at radius 3 is 2.50 bits per heavy atom. The van der Waals surface area contributed by atoms with E-state index in [0.717, 1.165) is 11.3 Å². The minimum Gasteiger partial charge on any atom is -0.467 e. The number of alkyl halides is 2. The van der Waals surface area contributed by atoms with Crippen molar-refractivity contribution in [2.24, 2.45) is 0 Å². The van der Waals surface area contributed by atoms with Crippen LogP contribution in [0.3, 0.4) is 0 Å². The zero-order valence-electron chi connectivity index (χ0n) is 16.7. The molecule has 2 heterocycles. The molecule has 32 heavy (non-hydrogen) atoms. The largest absolute Gasteiger partial charge is 0.467 e. The Labute approximate surface area is 191 Å². The monoisotopic (exact) mass is 472 g/mol. The maximum Gasteiger partial charge on any atom is 0.288 e.